The number of aromatic nitrogens is 4. The van der Waals surface area contributed by atoms with Crippen LogP contribution >= 0.6 is 11.3 Å². The molecule has 5 heteroatoms. The Morgan fingerprint density at radius 3 is 2.65 bits per heavy atom. The summed E-state index contributed by atoms with van der Waals surface area (Å²) in [7, 11) is 0. The van der Waals surface area contributed by atoms with Crippen molar-refractivity contribution in [1.82, 2.24) is 19.8 Å². The second kappa shape index (κ2) is 5.71. The highest BCUT2D eigenvalue weighted by Gasteiger charge is 2.13. The van der Waals surface area contributed by atoms with Crippen molar-refractivity contribution in [1.29, 1.82) is 0 Å². The van der Waals surface area contributed by atoms with Gasteiger partial charge in [0.1, 0.15) is 5.01 Å². The Morgan fingerprint density at radius 1 is 1.10 bits per heavy atom. The number of fused-ring (bicyclic) bond motifs is 1. The first-order valence-electron chi connectivity index (χ1n) is 6.99. The molecule has 0 aliphatic heterocycles. The van der Waals surface area contributed by atoms with Gasteiger partial charge in [-0.2, -0.15) is 9.61 Å². The second-order valence-corrected chi connectivity index (χ2v) is 6.28. The van der Waals surface area contributed by atoms with Gasteiger partial charge in [0.2, 0.25) is 4.96 Å². The van der Waals surface area contributed by atoms with E-state index in [-0.39, 0.29) is 0 Å². The number of hydrogen-bond donors (Lipinski definition) is 0. The summed E-state index contributed by atoms with van der Waals surface area (Å²) >= 11 is 1.65. The first kappa shape index (κ1) is 13.2. The molecule has 0 saturated heterocycles. The van der Waals surface area contributed by atoms with Gasteiger partial charge in [-0.05, 0) is 18.4 Å². The van der Waals surface area contributed by atoms with Crippen molar-refractivity contribution in [2.75, 3.05) is 0 Å². The maximum absolute atomic E-state index is 4.64. The highest BCUT2D eigenvalue weighted by molar-refractivity contribution is 7.16. The third kappa shape index (κ3) is 2.72. The minimum absolute atomic E-state index is 0.351. The zero-order valence-corrected chi connectivity index (χ0v) is 12.6. The van der Waals surface area contributed by atoms with E-state index in [0.29, 0.717) is 5.92 Å². The van der Waals surface area contributed by atoms with E-state index in [1.165, 1.54) is 5.56 Å². The van der Waals surface area contributed by atoms with Crippen LogP contribution in [0.15, 0.2) is 30.3 Å². The molecule has 3 aromatic rings. The van der Waals surface area contributed by atoms with Crippen molar-refractivity contribution in [2.24, 2.45) is 0 Å². The van der Waals surface area contributed by atoms with Crippen LogP contribution in [0.5, 0.6) is 0 Å². The SMILES string of the molecule is CC(C)c1nnc2sc(CCCc3ccccc3)nn12. The Balaban J connectivity index is 1.66. The quantitative estimate of drug-likeness (QED) is 0.721. The molecule has 0 amide bonds. The Hall–Kier alpha value is -1.75. The summed E-state index contributed by atoms with van der Waals surface area (Å²) < 4.78 is 1.90. The predicted molar refractivity (Wildman–Crippen MR) is 81.2 cm³/mol. The van der Waals surface area contributed by atoms with Gasteiger partial charge in [0, 0.05) is 12.3 Å². The van der Waals surface area contributed by atoms with Gasteiger partial charge in [0.25, 0.3) is 0 Å². The molecule has 0 unspecified atom stereocenters. The standard InChI is InChI=1S/C15H18N4S/c1-11(2)14-16-17-15-19(14)18-13(20-15)10-6-9-12-7-4-3-5-8-12/h3-5,7-8,11H,6,9-10H2,1-2H3. The van der Waals surface area contributed by atoms with Crippen molar-refractivity contribution in [3.8, 4) is 0 Å². The van der Waals surface area contributed by atoms with Gasteiger partial charge < -0.3 is 0 Å². The summed E-state index contributed by atoms with van der Waals surface area (Å²) in [5.74, 6) is 1.30. The van der Waals surface area contributed by atoms with Crippen LogP contribution in [0, 0.1) is 0 Å². The molecule has 2 heterocycles. The lowest BCUT2D eigenvalue weighted by Gasteiger charge is -1.99. The highest BCUT2D eigenvalue weighted by Crippen LogP contribution is 2.19. The molecule has 104 valence electrons. The molecule has 20 heavy (non-hydrogen) atoms. The lowest BCUT2D eigenvalue weighted by molar-refractivity contribution is 0.709. The summed E-state index contributed by atoms with van der Waals surface area (Å²) in [6, 6.07) is 10.6. The monoisotopic (exact) mass is 286 g/mol. The molecule has 0 fully saturated rings. The van der Waals surface area contributed by atoms with Crippen LogP contribution in [0.25, 0.3) is 4.96 Å². The third-order valence-corrected chi connectivity index (χ3v) is 4.23. The van der Waals surface area contributed by atoms with Gasteiger partial charge in [-0.25, -0.2) is 0 Å². The van der Waals surface area contributed by atoms with E-state index >= 15 is 0 Å². The lowest BCUT2D eigenvalue weighted by atomic mass is 10.1. The average molecular weight is 286 g/mol. The van der Waals surface area contributed by atoms with Gasteiger partial charge in [-0.1, -0.05) is 55.5 Å². The first-order chi connectivity index (χ1) is 9.74. The summed E-state index contributed by atoms with van der Waals surface area (Å²) in [5, 5.41) is 14.2. The minimum Gasteiger partial charge on any atom is -0.187 e. The fourth-order valence-corrected chi connectivity index (χ4v) is 3.10. The van der Waals surface area contributed by atoms with Crippen molar-refractivity contribution in [3.63, 3.8) is 0 Å². The van der Waals surface area contributed by atoms with E-state index in [4.69, 9.17) is 0 Å². The predicted octanol–water partition coefficient (Wildman–Crippen LogP) is 3.48. The molecule has 0 aliphatic carbocycles. The molecule has 3 rings (SSSR count). The average Bonchev–Trinajstić information content (AvgIpc) is 2.99. The van der Waals surface area contributed by atoms with Crippen LogP contribution in [0.1, 0.15) is 42.6 Å². The molecule has 2 aromatic heterocycles. The van der Waals surface area contributed by atoms with Crippen LogP contribution in [0.3, 0.4) is 0 Å². The number of hydrogen-bond acceptors (Lipinski definition) is 4. The number of benzene rings is 1. The number of rotatable bonds is 5. The number of nitrogens with zero attached hydrogens (tertiary/aromatic N) is 4. The Labute approximate surface area is 122 Å². The van der Waals surface area contributed by atoms with Crippen LogP contribution in [0.4, 0.5) is 0 Å². The summed E-state index contributed by atoms with van der Waals surface area (Å²) in [6.07, 6.45) is 3.21. The Kier molecular flexibility index (Phi) is 3.78. The molecule has 0 radical (unpaired) electrons. The topological polar surface area (TPSA) is 43.1 Å². The van der Waals surface area contributed by atoms with Gasteiger partial charge in [-0.3, -0.25) is 0 Å². The molecule has 0 bridgehead atoms. The van der Waals surface area contributed by atoms with E-state index in [2.05, 4.69) is 59.5 Å². The van der Waals surface area contributed by atoms with E-state index in [1.54, 1.807) is 11.3 Å². The van der Waals surface area contributed by atoms with Gasteiger partial charge in [-0.15, -0.1) is 10.2 Å². The minimum atomic E-state index is 0.351. The molecule has 0 spiro atoms. The zero-order valence-electron chi connectivity index (χ0n) is 11.8. The van der Waals surface area contributed by atoms with Crippen LogP contribution in [-0.2, 0) is 12.8 Å². The van der Waals surface area contributed by atoms with Crippen LogP contribution in [-0.4, -0.2) is 19.8 Å². The summed E-state index contributed by atoms with van der Waals surface area (Å²) in [4.78, 5) is 0.906. The smallest absolute Gasteiger partial charge is 0.187 e. The van der Waals surface area contributed by atoms with Crippen molar-refractivity contribution >= 4 is 16.3 Å². The summed E-state index contributed by atoms with van der Waals surface area (Å²) in [6.45, 7) is 4.23. The second-order valence-electron chi connectivity index (χ2n) is 5.24. The largest absolute Gasteiger partial charge is 0.234 e. The van der Waals surface area contributed by atoms with Crippen molar-refractivity contribution < 1.29 is 0 Å². The Morgan fingerprint density at radius 2 is 1.90 bits per heavy atom. The number of aryl methyl sites for hydroxylation is 2. The van der Waals surface area contributed by atoms with E-state index in [1.807, 2.05) is 4.52 Å². The van der Waals surface area contributed by atoms with Crippen LogP contribution in [0.2, 0.25) is 0 Å². The van der Waals surface area contributed by atoms with Gasteiger partial charge in [0.15, 0.2) is 5.82 Å². The Bertz CT molecular complexity index is 684. The normalized spacial score (nSPS) is 11.6. The third-order valence-electron chi connectivity index (χ3n) is 3.27. The molecule has 0 atom stereocenters. The van der Waals surface area contributed by atoms with Crippen LogP contribution < -0.4 is 0 Å². The molecule has 0 aliphatic rings. The fourth-order valence-electron chi connectivity index (χ4n) is 2.22. The van der Waals surface area contributed by atoms with E-state index < -0.39 is 0 Å². The molecular weight excluding hydrogens is 268 g/mol. The van der Waals surface area contributed by atoms with Crippen molar-refractivity contribution in [3.05, 3.63) is 46.7 Å². The van der Waals surface area contributed by atoms with E-state index in [9.17, 15) is 0 Å². The first-order valence-corrected chi connectivity index (χ1v) is 7.80. The fraction of sp³-hybridized carbons (Fsp3) is 0.400. The lowest BCUT2D eigenvalue weighted by Crippen LogP contribution is -1.99. The molecule has 0 N–H and O–H groups in total. The molecule has 1 aromatic carbocycles. The van der Waals surface area contributed by atoms with Gasteiger partial charge in [0.05, 0.1) is 0 Å². The molecular formula is C15H18N4S. The van der Waals surface area contributed by atoms with Gasteiger partial charge >= 0.3 is 0 Å². The maximum Gasteiger partial charge on any atom is 0.234 e. The molecule has 0 saturated carbocycles. The highest BCUT2D eigenvalue weighted by atomic mass is 32.1. The zero-order chi connectivity index (χ0) is 13.9. The molecule has 4 nitrogen and oxygen atoms in total. The maximum atomic E-state index is 4.64. The summed E-state index contributed by atoms with van der Waals surface area (Å²) in [5.41, 5.74) is 1.39. The van der Waals surface area contributed by atoms with E-state index in [0.717, 1.165) is 35.1 Å². The van der Waals surface area contributed by atoms with Crippen molar-refractivity contribution in [2.45, 2.75) is 39.0 Å².